The number of esters is 1. The average Bonchev–Trinajstić information content (AvgIpc) is 2.80. The highest BCUT2D eigenvalue weighted by molar-refractivity contribution is 6.29. The number of nitrogens with zero attached hydrogens (tertiary/aromatic N) is 1. The van der Waals surface area contributed by atoms with Gasteiger partial charge in [-0.15, -0.1) is 0 Å². The Morgan fingerprint density at radius 3 is 2.76 bits per heavy atom. The molecule has 0 N–H and O–H groups in total. The van der Waals surface area contributed by atoms with Gasteiger partial charge in [0, 0.05) is 6.07 Å². The zero-order valence-electron chi connectivity index (χ0n) is 9.61. The van der Waals surface area contributed by atoms with E-state index in [0.717, 1.165) is 12.8 Å². The Balaban J connectivity index is 2.15. The smallest absolute Gasteiger partial charge is 0.338 e. The summed E-state index contributed by atoms with van der Waals surface area (Å²) in [5.41, 5.74) is 0.362. The SMILES string of the molecule is COC(=O)c1cc(Cl)nc(OC2CCCC2)c1. The van der Waals surface area contributed by atoms with Gasteiger partial charge in [-0.3, -0.25) is 0 Å². The van der Waals surface area contributed by atoms with E-state index in [1.54, 1.807) is 6.07 Å². The van der Waals surface area contributed by atoms with Crippen molar-refractivity contribution in [2.45, 2.75) is 31.8 Å². The predicted molar refractivity (Wildman–Crippen MR) is 63.5 cm³/mol. The van der Waals surface area contributed by atoms with Crippen molar-refractivity contribution in [1.82, 2.24) is 4.98 Å². The fourth-order valence-corrected chi connectivity index (χ4v) is 2.15. The van der Waals surface area contributed by atoms with Gasteiger partial charge in [0.15, 0.2) is 0 Å². The van der Waals surface area contributed by atoms with E-state index in [-0.39, 0.29) is 11.3 Å². The summed E-state index contributed by atoms with van der Waals surface area (Å²) in [4.78, 5) is 15.4. The van der Waals surface area contributed by atoms with Gasteiger partial charge in [0.25, 0.3) is 0 Å². The molecule has 0 aromatic carbocycles. The van der Waals surface area contributed by atoms with E-state index in [9.17, 15) is 4.79 Å². The van der Waals surface area contributed by atoms with Crippen LogP contribution in [-0.2, 0) is 4.74 Å². The molecule has 5 heteroatoms. The fourth-order valence-electron chi connectivity index (χ4n) is 1.95. The molecule has 2 rings (SSSR count). The van der Waals surface area contributed by atoms with Crippen molar-refractivity contribution in [2.24, 2.45) is 0 Å². The van der Waals surface area contributed by atoms with Crippen LogP contribution in [-0.4, -0.2) is 24.2 Å². The standard InChI is InChI=1S/C12H14ClNO3/c1-16-12(15)8-6-10(13)14-11(7-8)17-9-4-2-3-5-9/h6-7,9H,2-5H2,1H3. The summed E-state index contributed by atoms with van der Waals surface area (Å²) in [5.74, 6) is -0.0460. The molecule has 0 atom stereocenters. The third kappa shape index (κ3) is 3.09. The topological polar surface area (TPSA) is 48.4 Å². The van der Waals surface area contributed by atoms with Gasteiger partial charge in [-0.05, 0) is 31.7 Å². The molecule has 0 saturated heterocycles. The summed E-state index contributed by atoms with van der Waals surface area (Å²) in [5, 5.41) is 0.237. The van der Waals surface area contributed by atoms with Gasteiger partial charge in [-0.25, -0.2) is 9.78 Å². The van der Waals surface area contributed by atoms with Crippen molar-refractivity contribution in [1.29, 1.82) is 0 Å². The lowest BCUT2D eigenvalue weighted by molar-refractivity contribution is 0.0599. The van der Waals surface area contributed by atoms with Crippen molar-refractivity contribution in [3.05, 3.63) is 22.8 Å². The predicted octanol–water partition coefficient (Wildman–Crippen LogP) is 2.84. The first-order chi connectivity index (χ1) is 8.19. The number of aromatic nitrogens is 1. The fraction of sp³-hybridized carbons (Fsp3) is 0.500. The minimum absolute atomic E-state index is 0.187. The van der Waals surface area contributed by atoms with Crippen LogP contribution in [0.3, 0.4) is 0 Å². The molecule has 1 fully saturated rings. The van der Waals surface area contributed by atoms with Crippen molar-refractivity contribution in [3.63, 3.8) is 0 Å². The van der Waals surface area contributed by atoms with E-state index in [0.29, 0.717) is 11.4 Å². The number of rotatable bonds is 3. The monoisotopic (exact) mass is 255 g/mol. The molecule has 0 amide bonds. The molecule has 0 spiro atoms. The second-order valence-electron chi connectivity index (χ2n) is 4.03. The first kappa shape index (κ1) is 12.2. The van der Waals surface area contributed by atoms with Crippen LogP contribution >= 0.6 is 11.6 Å². The molecule has 0 radical (unpaired) electrons. The lowest BCUT2D eigenvalue weighted by Crippen LogP contribution is -2.12. The van der Waals surface area contributed by atoms with E-state index in [4.69, 9.17) is 16.3 Å². The third-order valence-electron chi connectivity index (χ3n) is 2.78. The lowest BCUT2D eigenvalue weighted by Gasteiger charge is -2.12. The Kier molecular flexibility index (Phi) is 3.84. The van der Waals surface area contributed by atoms with Gasteiger partial charge in [0.05, 0.1) is 12.7 Å². The van der Waals surface area contributed by atoms with Crippen LogP contribution in [0.25, 0.3) is 0 Å². The van der Waals surface area contributed by atoms with Crippen molar-refractivity contribution in [3.8, 4) is 5.88 Å². The normalized spacial score (nSPS) is 15.9. The lowest BCUT2D eigenvalue weighted by atomic mass is 10.2. The molecule has 92 valence electrons. The van der Waals surface area contributed by atoms with Crippen molar-refractivity contribution < 1.29 is 14.3 Å². The number of hydrogen-bond acceptors (Lipinski definition) is 4. The van der Waals surface area contributed by atoms with Gasteiger partial charge in [-0.2, -0.15) is 0 Å². The van der Waals surface area contributed by atoms with Gasteiger partial charge in [-0.1, -0.05) is 11.6 Å². The second-order valence-corrected chi connectivity index (χ2v) is 4.42. The molecule has 0 unspecified atom stereocenters. The molecule has 1 heterocycles. The molecule has 1 aliphatic rings. The van der Waals surface area contributed by atoms with E-state index in [1.165, 1.54) is 26.0 Å². The summed E-state index contributed by atoms with van der Waals surface area (Å²) < 4.78 is 10.3. The van der Waals surface area contributed by atoms with E-state index >= 15 is 0 Å². The van der Waals surface area contributed by atoms with Crippen LogP contribution in [0, 0.1) is 0 Å². The molecule has 1 saturated carbocycles. The number of methoxy groups -OCH3 is 1. The number of halogens is 1. The largest absolute Gasteiger partial charge is 0.474 e. The number of carbonyl (C=O) groups excluding carboxylic acids is 1. The van der Waals surface area contributed by atoms with E-state index in [1.807, 2.05) is 0 Å². The first-order valence-electron chi connectivity index (χ1n) is 5.61. The van der Waals surface area contributed by atoms with Crippen LogP contribution < -0.4 is 4.74 Å². The Morgan fingerprint density at radius 1 is 1.41 bits per heavy atom. The van der Waals surface area contributed by atoms with Gasteiger partial charge in [0.1, 0.15) is 11.3 Å². The summed E-state index contributed by atoms with van der Waals surface area (Å²) in [6, 6.07) is 3.03. The average molecular weight is 256 g/mol. The maximum absolute atomic E-state index is 11.4. The third-order valence-corrected chi connectivity index (χ3v) is 2.97. The molecule has 17 heavy (non-hydrogen) atoms. The van der Waals surface area contributed by atoms with Crippen LogP contribution in [0.5, 0.6) is 5.88 Å². The van der Waals surface area contributed by atoms with Crippen molar-refractivity contribution in [2.75, 3.05) is 7.11 Å². The molecule has 0 aliphatic heterocycles. The highest BCUT2D eigenvalue weighted by atomic mass is 35.5. The highest BCUT2D eigenvalue weighted by Crippen LogP contribution is 2.25. The summed E-state index contributed by atoms with van der Waals surface area (Å²) in [7, 11) is 1.33. The number of ether oxygens (including phenoxy) is 2. The maximum Gasteiger partial charge on any atom is 0.338 e. The molecular weight excluding hydrogens is 242 g/mol. The Labute approximate surface area is 105 Å². The van der Waals surface area contributed by atoms with Gasteiger partial charge >= 0.3 is 5.97 Å². The van der Waals surface area contributed by atoms with E-state index < -0.39 is 5.97 Å². The quantitative estimate of drug-likeness (QED) is 0.616. The first-order valence-corrected chi connectivity index (χ1v) is 5.99. The van der Waals surface area contributed by atoms with Crippen molar-refractivity contribution >= 4 is 17.6 Å². The Bertz CT molecular complexity index is 416. The van der Waals surface area contributed by atoms with Gasteiger partial charge < -0.3 is 9.47 Å². The zero-order chi connectivity index (χ0) is 12.3. The molecule has 1 aromatic heterocycles. The van der Waals surface area contributed by atoms with Crippen LogP contribution in [0.1, 0.15) is 36.0 Å². The summed E-state index contributed by atoms with van der Waals surface area (Å²) >= 11 is 5.84. The van der Waals surface area contributed by atoms with E-state index in [2.05, 4.69) is 9.72 Å². The summed E-state index contributed by atoms with van der Waals surface area (Å²) in [6.07, 6.45) is 4.60. The Hall–Kier alpha value is -1.29. The molecule has 1 aromatic rings. The molecule has 4 nitrogen and oxygen atoms in total. The number of carbonyl (C=O) groups is 1. The summed E-state index contributed by atoms with van der Waals surface area (Å²) in [6.45, 7) is 0. The zero-order valence-corrected chi connectivity index (χ0v) is 10.4. The Morgan fingerprint density at radius 2 is 2.12 bits per heavy atom. The minimum Gasteiger partial charge on any atom is -0.474 e. The molecule has 1 aliphatic carbocycles. The highest BCUT2D eigenvalue weighted by Gasteiger charge is 2.18. The number of pyridine rings is 1. The van der Waals surface area contributed by atoms with Crippen LogP contribution in [0.15, 0.2) is 12.1 Å². The molecule has 0 bridgehead atoms. The van der Waals surface area contributed by atoms with Crippen LogP contribution in [0.4, 0.5) is 0 Å². The number of hydrogen-bond donors (Lipinski definition) is 0. The maximum atomic E-state index is 11.4. The second kappa shape index (κ2) is 5.36. The molecular formula is C12H14ClNO3. The van der Waals surface area contributed by atoms with Crippen LogP contribution in [0.2, 0.25) is 5.15 Å². The minimum atomic E-state index is -0.439. The van der Waals surface area contributed by atoms with Gasteiger partial charge in [0.2, 0.25) is 5.88 Å².